The van der Waals surface area contributed by atoms with Gasteiger partial charge in [0.05, 0.1) is 11.7 Å². The molecule has 2 nitrogen and oxygen atoms in total. The highest BCUT2D eigenvalue weighted by Gasteiger charge is 2.16. The van der Waals surface area contributed by atoms with E-state index in [9.17, 15) is 4.39 Å². The second-order valence-corrected chi connectivity index (χ2v) is 6.99. The van der Waals surface area contributed by atoms with Gasteiger partial charge in [0.2, 0.25) is 0 Å². The van der Waals surface area contributed by atoms with Crippen LogP contribution in [0.1, 0.15) is 35.6 Å². The number of hydrogen-bond donors (Lipinski definition) is 1. The molecule has 3 rings (SSSR count). The summed E-state index contributed by atoms with van der Waals surface area (Å²) in [6, 6.07) is 9.94. The third-order valence-corrected chi connectivity index (χ3v) is 5.15. The molecule has 2 heterocycles. The quantitative estimate of drug-likeness (QED) is 0.858. The number of aryl methyl sites for hydroxylation is 1. The molecule has 1 fully saturated rings. The SMILES string of the molecule is Cc1ccc(C(C)Nc2ccc(N3CCCC3)c(F)c2)s1. The Balaban J connectivity index is 1.72. The van der Waals surface area contributed by atoms with Gasteiger partial charge in [0.25, 0.3) is 0 Å². The maximum absolute atomic E-state index is 14.3. The first kappa shape index (κ1) is 14.4. The zero-order chi connectivity index (χ0) is 14.8. The Morgan fingerprint density at radius 2 is 1.95 bits per heavy atom. The minimum absolute atomic E-state index is 0.128. The number of halogens is 1. The van der Waals surface area contributed by atoms with Crippen molar-refractivity contribution in [3.63, 3.8) is 0 Å². The molecule has 0 aliphatic carbocycles. The van der Waals surface area contributed by atoms with Crippen LogP contribution in [0.25, 0.3) is 0 Å². The fourth-order valence-corrected chi connectivity index (χ4v) is 3.70. The van der Waals surface area contributed by atoms with Crippen LogP contribution in [0.15, 0.2) is 30.3 Å². The number of hydrogen-bond acceptors (Lipinski definition) is 3. The van der Waals surface area contributed by atoms with E-state index in [4.69, 9.17) is 0 Å². The smallest absolute Gasteiger partial charge is 0.148 e. The standard InChI is InChI=1S/C17H21FN2S/c1-12-5-8-17(21-12)13(2)19-14-6-7-16(15(18)11-14)20-9-3-4-10-20/h5-8,11,13,19H,3-4,9-10H2,1-2H3. The molecule has 0 radical (unpaired) electrons. The predicted octanol–water partition coefficient (Wildman–Crippen LogP) is 4.97. The lowest BCUT2D eigenvalue weighted by molar-refractivity contribution is 0.623. The molecule has 2 aromatic rings. The first-order chi connectivity index (χ1) is 10.1. The lowest BCUT2D eigenvalue weighted by atomic mass is 10.2. The maximum atomic E-state index is 14.3. The minimum atomic E-state index is -0.128. The summed E-state index contributed by atoms with van der Waals surface area (Å²) in [5.74, 6) is -0.128. The molecule has 1 atom stereocenters. The van der Waals surface area contributed by atoms with E-state index in [2.05, 4.69) is 36.2 Å². The lowest BCUT2D eigenvalue weighted by Crippen LogP contribution is -2.19. The minimum Gasteiger partial charge on any atom is -0.378 e. The van der Waals surface area contributed by atoms with Crippen molar-refractivity contribution in [1.29, 1.82) is 0 Å². The van der Waals surface area contributed by atoms with Gasteiger partial charge in [0, 0.05) is 28.5 Å². The largest absolute Gasteiger partial charge is 0.378 e. The lowest BCUT2D eigenvalue weighted by Gasteiger charge is -2.20. The average Bonchev–Trinajstić information content (AvgIpc) is 3.10. The Morgan fingerprint density at radius 3 is 2.57 bits per heavy atom. The topological polar surface area (TPSA) is 15.3 Å². The molecule has 0 saturated carbocycles. The van der Waals surface area contributed by atoms with Crippen LogP contribution in [-0.2, 0) is 0 Å². The summed E-state index contributed by atoms with van der Waals surface area (Å²) < 4.78 is 14.3. The highest BCUT2D eigenvalue weighted by molar-refractivity contribution is 7.12. The predicted molar refractivity (Wildman–Crippen MR) is 88.9 cm³/mol. The molecule has 1 aliphatic heterocycles. The molecular formula is C17H21FN2S. The maximum Gasteiger partial charge on any atom is 0.148 e. The molecule has 0 amide bonds. The van der Waals surface area contributed by atoms with Crippen LogP contribution in [0.5, 0.6) is 0 Å². The molecule has 1 unspecified atom stereocenters. The van der Waals surface area contributed by atoms with Crippen molar-refractivity contribution in [3.05, 3.63) is 45.9 Å². The highest BCUT2D eigenvalue weighted by Crippen LogP contribution is 2.29. The Bertz CT molecular complexity index is 617. The molecule has 1 N–H and O–H groups in total. The molecule has 112 valence electrons. The van der Waals surface area contributed by atoms with Crippen LogP contribution >= 0.6 is 11.3 Å². The average molecular weight is 304 g/mol. The number of anilines is 2. The van der Waals surface area contributed by atoms with Crippen LogP contribution in [-0.4, -0.2) is 13.1 Å². The summed E-state index contributed by atoms with van der Waals surface area (Å²) in [5, 5.41) is 3.38. The van der Waals surface area contributed by atoms with E-state index in [0.29, 0.717) is 0 Å². The second-order valence-electron chi connectivity index (χ2n) is 5.67. The van der Waals surface area contributed by atoms with E-state index >= 15 is 0 Å². The number of benzene rings is 1. The van der Waals surface area contributed by atoms with Crippen LogP contribution in [0.2, 0.25) is 0 Å². The van der Waals surface area contributed by atoms with Crippen molar-refractivity contribution in [2.45, 2.75) is 32.7 Å². The summed E-state index contributed by atoms with van der Waals surface area (Å²) in [7, 11) is 0. The number of nitrogens with one attached hydrogen (secondary N) is 1. The van der Waals surface area contributed by atoms with Gasteiger partial charge in [-0.05, 0) is 57.0 Å². The third kappa shape index (κ3) is 3.21. The van der Waals surface area contributed by atoms with Crippen molar-refractivity contribution >= 4 is 22.7 Å². The van der Waals surface area contributed by atoms with Gasteiger partial charge in [0.1, 0.15) is 5.82 Å². The van der Waals surface area contributed by atoms with E-state index in [1.54, 1.807) is 17.4 Å². The van der Waals surface area contributed by atoms with Gasteiger partial charge in [-0.15, -0.1) is 11.3 Å². The van der Waals surface area contributed by atoms with Gasteiger partial charge in [-0.3, -0.25) is 0 Å². The molecule has 1 saturated heterocycles. The van der Waals surface area contributed by atoms with Crippen molar-refractivity contribution < 1.29 is 4.39 Å². The van der Waals surface area contributed by atoms with E-state index in [0.717, 1.165) is 37.3 Å². The van der Waals surface area contributed by atoms with Gasteiger partial charge in [-0.1, -0.05) is 0 Å². The monoisotopic (exact) mass is 304 g/mol. The summed E-state index contributed by atoms with van der Waals surface area (Å²) >= 11 is 1.78. The van der Waals surface area contributed by atoms with Crippen LogP contribution in [0.4, 0.5) is 15.8 Å². The molecule has 1 aliphatic rings. The Hall–Kier alpha value is -1.55. The van der Waals surface area contributed by atoms with E-state index in [1.165, 1.54) is 9.75 Å². The number of thiophene rings is 1. The van der Waals surface area contributed by atoms with Gasteiger partial charge < -0.3 is 10.2 Å². The molecule has 0 spiro atoms. The molecule has 1 aromatic heterocycles. The van der Waals surface area contributed by atoms with Crippen LogP contribution < -0.4 is 10.2 Å². The zero-order valence-electron chi connectivity index (χ0n) is 12.5. The summed E-state index contributed by atoms with van der Waals surface area (Å²) in [4.78, 5) is 4.70. The Morgan fingerprint density at radius 1 is 1.19 bits per heavy atom. The van der Waals surface area contributed by atoms with Gasteiger partial charge in [0.15, 0.2) is 0 Å². The highest BCUT2D eigenvalue weighted by atomic mass is 32.1. The molecule has 0 bridgehead atoms. The first-order valence-electron chi connectivity index (χ1n) is 7.51. The number of nitrogens with zero attached hydrogens (tertiary/aromatic N) is 1. The second kappa shape index (κ2) is 6.06. The van der Waals surface area contributed by atoms with E-state index < -0.39 is 0 Å². The Labute approximate surface area is 129 Å². The molecule has 1 aromatic carbocycles. The molecular weight excluding hydrogens is 283 g/mol. The number of rotatable bonds is 4. The van der Waals surface area contributed by atoms with Crippen molar-refractivity contribution in [2.75, 3.05) is 23.3 Å². The molecule has 4 heteroatoms. The van der Waals surface area contributed by atoms with E-state index in [-0.39, 0.29) is 11.9 Å². The van der Waals surface area contributed by atoms with Gasteiger partial charge in [-0.25, -0.2) is 4.39 Å². The van der Waals surface area contributed by atoms with Gasteiger partial charge >= 0.3 is 0 Å². The summed E-state index contributed by atoms with van der Waals surface area (Å²) in [5.41, 5.74) is 1.58. The first-order valence-corrected chi connectivity index (χ1v) is 8.32. The molecule has 21 heavy (non-hydrogen) atoms. The van der Waals surface area contributed by atoms with Crippen molar-refractivity contribution in [1.82, 2.24) is 0 Å². The zero-order valence-corrected chi connectivity index (χ0v) is 13.3. The van der Waals surface area contributed by atoms with Crippen LogP contribution in [0.3, 0.4) is 0 Å². The summed E-state index contributed by atoms with van der Waals surface area (Å²) in [6.07, 6.45) is 2.32. The van der Waals surface area contributed by atoms with E-state index in [1.807, 2.05) is 12.1 Å². The van der Waals surface area contributed by atoms with Crippen molar-refractivity contribution in [2.24, 2.45) is 0 Å². The van der Waals surface area contributed by atoms with Gasteiger partial charge in [-0.2, -0.15) is 0 Å². The van der Waals surface area contributed by atoms with Crippen molar-refractivity contribution in [3.8, 4) is 0 Å². The summed E-state index contributed by atoms with van der Waals surface area (Å²) in [6.45, 7) is 6.14. The third-order valence-electron chi connectivity index (χ3n) is 3.97. The fourth-order valence-electron chi connectivity index (χ4n) is 2.82. The Kier molecular flexibility index (Phi) is 4.15. The fraction of sp³-hybridized carbons (Fsp3) is 0.412. The van der Waals surface area contributed by atoms with Crippen LogP contribution in [0, 0.1) is 12.7 Å². The normalized spacial score (nSPS) is 16.2.